The number of amides is 2. The van der Waals surface area contributed by atoms with E-state index in [1.807, 2.05) is 0 Å². The first kappa shape index (κ1) is 16.1. The topological polar surface area (TPSA) is 119 Å². The van der Waals surface area contributed by atoms with E-state index in [4.69, 9.17) is 10.5 Å². The fourth-order valence-electron chi connectivity index (χ4n) is 2.21. The minimum atomic E-state index is -3.37. The molecule has 0 atom stereocenters. The molecule has 1 heterocycles. The maximum Gasteiger partial charge on any atom is 0.313 e. The average Bonchev–Trinajstić information content (AvgIpc) is 2.47. The van der Waals surface area contributed by atoms with Crippen molar-refractivity contribution in [2.24, 2.45) is 5.73 Å². The lowest BCUT2D eigenvalue weighted by atomic mass is 10.2. The van der Waals surface area contributed by atoms with E-state index >= 15 is 0 Å². The molecule has 1 aromatic carbocycles. The summed E-state index contributed by atoms with van der Waals surface area (Å²) in [5, 5.41) is 2.31. The van der Waals surface area contributed by atoms with Gasteiger partial charge in [0.25, 0.3) is 0 Å². The third kappa shape index (κ3) is 3.30. The van der Waals surface area contributed by atoms with E-state index in [0.29, 0.717) is 24.3 Å². The van der Waals surface area contributed by atoms with Gasteiger partial charge in [-0.05, 0) is 25.0 Å². The number of hydrogen-bond acceptors (Lipinski definition) is 5. The molecule has 1 aromatic rings. The van der Waals surface area contributed by atoms with Crippen LogP contribution in [0.5, 0.6) is 5.75 Å². The molecular weight excluding hydrogens is 310 g/mol. The van der Waals surface area contributed by atoms with Gasteiger partial charge in [0, 0.05) is 18.3 Å². The highest BCUT2D eigenvalue weighted by Gasteiger charge is 2.28. The third-order valence-corrected chi connectivity index (χ3v) is 5.13. The number of anilines is 2. The lowest BCUT2D eigenvalue weighted by Crippen LogP contribution is -2.38. The molecular formula is C13H17N3O5S. The number of rotatable bonds is 3. The average molecular weight is 327 g/mol. The van der Waals surface area contributed by atoms with Gasteiger partial charge in [0.05, 0.1) is 18.6 Å². The van der Waals surface area contributed by atoms with Gasteiger partial charge in [-0.1, -0.05) is 0 Å². The molecule has 1 saturated heterocycles. The number of hydrogen-bond donors (Lipinski definition) is 2. The lowest BCUT2D eigenvalue weighted by molar-refractivity contribution is -0.134. The Morgan fingerprint density at radius 2 is 2.05 bits per heavy atom. The quantitative estimate of drug-likeness (QED) is 0.760. The van der Waals surface area contributed by atoms with Gasteiger partial charge in [0.2, 0.25) is 10.0 Å². The zero-order valence-corrected chi connectivity index (χ0v) is 12.9. The van der Waals surface area contributed by atoms with Crippen molar-refractivity contribution >= 4 is 33.2 Å². The van der Waals surface area contributed by atoms with Crippen LogP contribution in [0.15, 0.2) is 18.2 Å². The van der Waals surface area contributed by atoms with Crippen LogP contribution < -0.4 is 20.1 Å². The number of ether oxygens (including phenoxy) is 1. The first-order valence-electron chi connectivity index (χ1n) is 6.64. The number of methoxy groups -OCH3 is 1. The first-order chi connectivity index (χ1) is 10.3. The van der Waals surface area contributed by atoms with Gasteiger partial charge in [-0.3, -0.25) is 13.9 Å². The summed E-state index contributed by atoms with van der Waals surface area (Å²) in [6.45, 7) is 0.381. The lowest BCUT2D eigenvalue weighted by Gasteiger charge is -2.29. The van der Waals surface area contributed by atoms with Crippen LogP contribution in [0.3, 0.4) is 0 Å². The summed E-state index contributed by atoms with van der Waals surface area (Å²) in [4.78, 5) is 22.0. The monoisotopic (exact) mass is 327 g/mol. The Kier molecular flexibility index (Phi) is 4.55. The molecule has 1 fully saturated rings. The van der Waals surface area contributed by atoms with E-state index in [1.165, 1.54) is 29.6 Å². The van der Waals surface area contributed by atoms with Gasteiger partial charge in [0.15, 0.2) is 0 Å². The molecule has 0 radical (unpaired) electrons. The van der Waals surface area contributed by atoms with E-state index in [0.717, 1.165) is 6.42 Å². The number of benzene rings is 1. The maximum atomic E-state index is 12.1. The molecule has 0 unspecified atom stereocenters. The van der Waals surface area contributed by atoms with Crippen LogP contribution in [0, 0.1) is 0 Å². The second kappa shape index (κ2) is 6.22. The molecule has 0 bridgehead atoms. The van der Waals surface area contributed by atoms with E-state index in [9.17, 15) is 18.0 Å². The number of nitrogens with one attached hydrogen (secondary N) is 1. The fraction of sp³-hybridized carbons (Fsp3) is 0.385. The minimum absolute atomic E-state index is 0.0936. The Morgan fingerprint density at radius 1 is 1.32 bits per heavy atom. The molecule has 2 rings (SSSR count). The second-order valence-electron chi connectivity index (χ2n) is 4.80. The van der Waals surface area contributed by atoms with E-state index in [1.54, 1.807) is 0 Å². The van der Waals surface area contributed by atoms with Crippen LogP contribution in [0.4, 0.5) is 11.4 Å². The molecule has 1 aliphatic rings. The largest absolute Gasteiger partial charge is 0.494 e. The van der Waals surface area contributed by atoms with Crippen molar-refractivity contribution < 1.29 is 22.7 Å². The molecule has 2 amide bonds. The summed E-state index contributed by atoms with van der Waals surface area (Å²) >= 11 is 0. The van der Waals surface area contributed by atoms with Gasteiger partial charge >= 0.3 is 11.8 Å². The highest BCUT2D eigenvalue weighted by atomic mass is 32.2. The van der Waals surface area contributed by atoms with Crippen LogP contribution in [0.1, 0.15) is 12.8 Å². The van der Waals surface area contributed by atoms with Crippen LogP contribution in [0.25, 0.3) is 0 Å². The molecule has 1 aliphatic heterocycles. The molecule has 8 nitrogen and oxygen atoms in total. The van der Waals surface area contributed by atoms with Crippen molar-refractivity contribution in [1.29, 1.82) is 0 Å². The minimum Gasteiger partial charge on any atom is -0.494 e. The van der Waals surface area contributed by atoms with Crippen LogP contribution in [-0.4, -0.2) is 39.6 Å². The molecule has 3 N–H and O–H groups in total. The number of nitrogens with two attached hydrogens (primary N) is 1. The van der Waals surface area contributed by atoms with Gasteiger partial charge in [-0.15, -0.1) is 0 Å². The Hall–Kier alpha value is -2.29. The summed E-state index contributed by atoms with van der Waals surface area (Å²) in [6, 6.07) is 4.46. The van der Waals surface area contributed by atoms with Crippen molar-refractivity contribution in [1.82, 2.24) is 0 Å². The molecule has 0 spiro atoms. The SMILES string of the molecule is COc1cc(NC(=O)C(N)=O)ccc1N1CCCCS1(=O)=O. The smallest absolute Gasteiger partial charge is 0.313 e. The van der Waals surface area contributed by atoms with Gasteiger partial charge in [-0.2, -0.15) is 0 Å². The number of primary amides is 1. The summed E-state index contributed by atoms with van der Waals surface area (Å²) in [5.41, 5.74) is 5.56. The van der Waals surface area contributed by atoms with Crippen molar-refractivity contribution in [2.75, 3.05) is 29.0 Å². The molecule has 9 heteroatoms. The van der Waals surface area contributed by atoms with Crippen molar-refractivity contribution in [3.63, 3.8) is 0 Å². The second-order valence-corrected chi connectivity index (χ2v) is 6.81. The predicted octanol–water partition coefficient (Wildman–Crippen LogP) is 0.0490. The summed E-state index contributed by atoms with van der Waals surface area (Å²) < 4.78 is 30.8. The third-order valence-electron chi connectivity index (χ3n) is 3.28. The van der Waals surface area contributed by atoms with Gasteiger partial charge in [0.1, 0.15) is 5.75 Å². The molecule has 0 aromatic heterocycles. The molecule has 0 aliphatic carbocycles. The van der Waals surface area contributed by atoms with E-state index in [2.05, 4.69) is 5.32 Å². The number of carbonyl (C=O) groups is 2. The molecule has 22 heavy (non-hydrogen) atoms. The number of carbonyl (C=O) groups excluding carboxylic acids is 2. The molecule has 0 saturated carbocycles. The Balaban J connectivity index is 2.34. The van der Waals surface area contributed by atoms with Crippen LogP contribution in [0.2, 0.25) is 0 Å². The standard InChI is InChI=1S/C13H17N3O5S/c1-21-11-8-9(15-13(18)12(14)17)4-5-10(11)16-6-2-3-7-22(16,19)20/h4-5,8H,2-3,6-7H2,1H3,(H2,14,17)(H,15,18). The van der Waals surface area contributed by atoms with Crippen molar-refractivity contribution in [3.8, 4) is 5.75 Å². The Bertz CT molecular complexity index is 702. The normalized spacial score (nSPS) is 16.9. The van der Waals surface area contributed by atoms with E-state index in [-0.39, 0.29) is 11.5 Å². The zero-order valence-electron chi connectivity index (χ0n) is 12.0. The van der Waals surface area contributed by atoms with Crippen LogP contribution in [-0.2, 0) is 19.6 Å². The van der Waals surface area contributed by atoms with Crippen molar-refractivity contribution in [3.05, 3.63) is 18.2 Å². The van der Waals surface area contributed by atoms with Gasteiger partial charge < -0.3 is 15.8 Å². The van der Waals surface area contributed by atoms with Crippen molar-refractivity contribution in [2.45, 2.75) is 12.8 Å². The Labute approximate surface area is 128 Å². The van der Waals surface area contributed by atoms with Crippen LogP contribution >= 0.6 is 0 Å². The summed E-state index contributed by atoms with van der Waals surface area (Å²) in [6.07, 6.45) is 1.40. The highest BCUT2D eigenvalue weighted by molar-refractivity contribution is 7.92. The fourth-order valence-corrected chi connectivity index (χ4v) is 3.86. The predicted molar refractivity (Wildman–Crippen MR) is 81.2 cm³/mol. The summed E-state index contributed by atoms with van der Waals surface area (Å²) in [7, 11) is -1.97. The van der Waals surface area contributed by atoms with E-state index < -0.39 is 21.8 Å². The zero-order chi connectivity index (χ0) is 16.3. The summed E-state index contributed by atoms with van der Waals surface area (Å²) in [5.74, 6) is -1.69. The maximum absolute atomic E-state index is 12.1. The number of nitrogens with zero attached hydrogens (tertiary/aromatic N) is 1. The Morgan fingerprint density at radius 3 is 2.64 bits per heavy atom. The highest BCUT2D eigenvalue weighted by Crippen LogP contribution is 2.34. The van der Waals surface area contributed by atoms with Gasteiger partial charge in [-0.25, -0.2) is 8.42 Å². The first-order valence-corrected chi connectivity index (χ1v) is 8.25. The number of sulfonamides is 1. The molecule has 120 valence electrons.